The van der Waals surface area contributed by atoms with Crippen molar-refractivity contribution in [3.63, 3.8) is 0 Å². The molecule has 0 aromatic carbocycles. The van der Waals surface area contributed by atoms with Crippen LogP contribution in [0, 0.1) is 17.8 Å². The Morgan fingerprint density at radius 2 is 2.09 bits per heavy atom. The van der Waals surface area contributed by atoms with E-state index < -0.39 is 28.7 Å². The van der Waals surface area contributed by atoms with Crippen LogP contribution in [0.5, 0.6) is 0 Å². The summed E-state index contributed by atoms with van der Waals surface area (Å²) in [7, 11) is 0. The van der Waals surface area contributed by atoms with Gasteiger partial charge < -0.3 is 19.6 Å². The maximum atomic E-state index is 14.2. The fourth-order valence-electron chi connectivity index (χ4n) is 5.90. The van der Waals surface area contributed by atoms with Crippen LogP contribution in [0.3, 0.4) is 0 Å². The van der Waals surface area contributed by atoms with Crippen LogP contribution >= 0.6 is 27.7 Å². The van der Waals surface area contributed by atoms with Crippen LogP contribution in [0.25, 0.3) is 0 Å². The number of fused-ring (bicyclic) bond motifs is 1. The molecule has 0 radical (unpaired) electrons. The molecule has 3 aliphatic heterocycles. The van der Waals surface area contributed by atoms with Crippen LogP contribution in [0.15, 0.2) is 25.3 Å². The highest BCUT2D eigenvalue weighted by atomic mass is 79.9. The van der Waals surface area contributed by atoms with Gasteiger partial charge >= 0.3 is 5.97 Å². The van der Waals surface area contributed by atoms with Crippen molar-refractivity contribution in [1.82, 2.24) is 9.80 Å². The Balaban J connectivity index is 2.07. The normalized spacial score (nSPS) is 32.0. The minimum Gasteiger partial charge on any atom is -0.465 e. The number of halogens is 1. The number of likely N-dealkylation sites (tertiary alicyclic amines) is 1. The van der Waals surface area contributed by atoms with Crippen molar-refractivity contribution in [3.8, 4) is 0 Å². The molecule has 0 aromatic heterocycles. The van der Waals surface area contributed by atoms with Gasteiger partial charge in [-0.2, -0.15) is 0 Å². The summed E-state index contributed by atoms with van der Waals surface area (Å²) in [6.07, 6.45) is 6.33. The van der Waals surface area contributed by atoms with E-state index in [4.69, 9.17) is 4.74 Å². The molecule has 9 heteroatoms. The lowest BCUT2D eigenvalue weighted by molar-refractivity contribution is -0.154. The maximum absolute atomic E-state index is 14.2. The Bertz CT molecular complexity index is 839. The lowest BCUT2D eigenvalue weighted by atomic mass is 9.71. The summed E-state index contributed by atoms with van der Waals surface area (Å²) in [4.78, 5) is 45.0. The monoisotopic (exact) mass is 570 g/mol. The molecule has 2 bridgehead atoms. The van der Waals surface area contributed by atoms with Gasteiger partial charge in [-0.05, 0) is 25.2 Å². The van der Waals surface area contributed by atoms with Gasteiger partial charge in [0.25, 0.3) is 0 Å². The predicted molar refractivity (Wildman–Crippen MR) is 142 cm³/mol. The number of rotatable bonds is 13. The third-order valence-corrected chi connectivity index (χ3v) is 10.8. The molecule has 2 amide bonds. The highest BCUT2D eigenvalue weighted by Gasteiger charge is 2.76. The third kappa shape index (κ3) is 4.97. The lowest BCUT2D eigenvalue weighted by Gasteiger charge is -2.41. The van der Waals surface area contributed by atoms with Gasteiger partial charge in [0.2, 0.25) is 11.8 Å². The molecular weight excluding hydrogens is 532 g/mol. The van der Waals surface area contributed by atoms with Crippen molar-refractivity contribution in [2.45, 2.75) is 73.4 Å². The highest BCUT2D eigenvalue weighted by Crippen LogP contribution is 2.68. The van der Waals surface area contributed by atoms with Gasteiger partial charge in [-0.15, -0.1) is 24.9 Å². The van der Waals surface area contributed by atoms with Crippen molar-refractivity contribution >= 4 is 45.5 Å². The molecule has 3 aliphatic rings. The van der Waals surface area contributed by atoms with Gasteiger partial charge in [0, 0.05) is 23.2 Å². The minimum absolute atomic E-state index is 0.0149. The molecular formula is C26H39BrN2O5S. The average molecular weight is 572 g/mol. The smallest absolute Gasteiger partial charge is 0.310 e. The summed E-state index contributed by atoms with van der Waals surface area (Å²) in [6, 6.07) is -1.27. The minimum atomic E-state index is -0.752. The summed E-state index contributed by atoms with van der Waals surface area (Å²) in [5, 5.41) is 10.2. The fourth-order valence-corrected chi connectivity index (χ4v) is 9.48. The number of hydrogen-bond acceptors (Lipinski definition) is 6. The van der Waals surface area contributed by atoms with E-state index >= 15 is 0 Å². The quantitative estimate of drug-likeness (QED) is 0.158. The Labute approximate surface area is 221 Å². The van der Waals surface area contributed by atoms with Crippen LogP contribution in [0.2, 0.25) is 0 Å². The molecule has 0 saturated carbocycles. The van der Waals surface area contributed by atoms with Gasteiger partial charge in [0.05, 0.1) is 35.8 Å². The number of hydrogen-bond donors (Lipinski definition) is 1. The first-order chi connectivity index (χ1) is 16.7. The molecule has 7 atom stereocenters. The molecule has 7 nitrogen and oxygen atoms in total. The van der Waals surface area contributed by atoms with Crippen LogP contribution in [-0.4, -0.2) is 85.9 Å². The third-order valence-electron chi connectivity index (χ3n) is 7.56. The average Bonchev–Trinajstić information content (AvgIpc) is 3.40. The summed E-state index contributed by atoms with van der Waals surface area (Å²) in [5.41, 5.74) is 0. The van der Waals surface area contributed by atoms with E-state index in [2.05, 4.69) is 36.0 Å². The van der Waals surface area contributed by atoms with Gasteiger partial charge in [-0.3, -0.25) is 14.4 Å². The van der Waals surface area contributed by atoms with E-state index in [1.165, 1.54) is 0 Å². The summed E-state index contributed by atoms with van der Waals surface area (Å²) >= 11 is 5.35. The Kier molecular flexibility index (Phi) is 9.54. The standard InChI is InChI=1S/C26H39BrN2O5S/c1-6-9-12-28(11-8-3)24(32)22-26-14-17(27)21(35-26)19(25(33)34-13-10-7-2)20(26)23(31)29(22)18(15-30)16(4)5/h7-8,16-22,30H,2-3,6,9-15H2,1,4-5H3/t17?,18-,19+,20-,21+,22?,26?/m0/s1. The van der Waals surface area contributed by atoms with Gasteiger partial charge in [0.15, 0.2) is 0 Å². The topological polar surface area (TPSA) is 87.2 Å². The van der Waals surface area contributed by atoms with Gasteiger partial charge in [0.1, 0.15) is 6.04 Å². The summed E-state index contributed by atoms with van der Waals surface area (Å²) in [6.45, 7) is 14.4. The fraction of sp³-hybridized carbons (Fsp3) is 0.731. The molecule has 3 fully saturated rings. The lowest BCUT2D eigenvalue weighted by Crippen LogP contribution is -2.58. The van der Waals surface area contributed by atoms with E-state index in [0.29, 0.717) is 25.9 Å². The molecule has 1 N–H and O–H groups in total. The maximum Gasteiger partial charge on any atom is 0.310 e. The van der Waals surface area contributed by atoms with Crippen molar-refractivity contribution < 1.29 is 24.2 Å². The Morgan fingerprint density at radius 3 is 2.66 bits per heavy atom. The van der Waals surface area contributed by atoms with Crippen LogP contribution in [0.4, 0.5) is 0 Å². The zero-order valence-electron chi connectivity index (χ0n) is 21.0. The first-order valence-corrected chi connectivity index (χ1v) is 14.4. The first kappa shape index (κ1) is 28.3. The summed E-state index contributed by atoms with van der Waals surface area (Å²) < 4.78 is 4.80. The Hall–Kier alpha value is -1.32. The van der Waals surface area contributed by atoms with Gasteiger partial charge in [-0.1, -0.05) is 55.3 Å². The van der Waals surface area contributed by atoms with Crippen LogP contribution in [-0.2, 0) is 19.1 Å². The molecule has 0 aromatic rings. The van der Waals surface area contributed by atoms with Gasteiger partial charge in [-0.25, -0.2) is 0 Å². The number of alkyl halides is 1. The second-order valence-corrected chi connectivity index (χ2v) is 12.8. The summed E-state index contributed by atoms with van der Waals surface area (Å²) in [5.74, 6) is -2.07. The second-order valence-electron chi connectivity index (χ2n) is 10.1. The number of amides is 2. The molecule has 1 spiro atoms. The van der Waals surface area contributed by atoms with Crippen LogP contribution in [0.1, 0.15) is 46.5 Å². The van der Waals surface area contributed by atoms with Crippen molar-refractivity contribution in [2.75, 3.05) is 26.3 Å². The number of carbonyl (C=O) groups is 3. The molecule has 3 rings (SSSR count). The van der Waals surface area contributed by atoms with Crippen molar-refractivity contribution in [1.29, 1.82) is 0 Å². The van der Waals surface area contributed by atoms with E-state index in [1.54, 1.807) is 33.7 Å². The molecule has 0 aliphatic carbocycles. The Morgan fingerprint density at radius 1 is 1.37 bits per heavy atom. The number of aliphatic hydroxyl groups excluding tert-OH is 1. The number of esters is 1. The largest absolute Gasteiger partial charge is 0.465 e. The highest BCUT2D eigenvalue weighted by molar-refractivity contribution is 9.09. The number of aliphatic hydroxyl groups is 1. The molecule has 3 saturated heterocycles. The number of unbranched alkanes of at least 4 members (excludes halogenated alkanes) is 1. The zero-order chi connectivity index (χ0) is 25.9. The zero-order valence-corrected chi connectivity index (χ0v) is 23.4. The van der Waals surface area contributed by atoms with E-state index in [-0.39, 0.29) is 47.0 Å². The molecule has 3 unspecified atom stereocenters. The molecule has 196 valence electrons. The second kappa shape index (κ2) is 11.8. The van der Waals surface area contributed by atoms with Crippen molar-refractivity contribution in [2.24, 2.45) is 17.8 Å². The number of nitrogens with zero attached hydrogens (tertiary/aromatic N) is 2. The molecule has 35 heavy (non-hydrogen) atoms. The molecule has 3 heterocycles. The van der Waals surface area contributed by atoms with E-state index in [0.717, 1.165) is 12.8 Å². The SMILES string of the molecule is C=CCCOC(=O)[C@H]1[C@@H]2SC3(CC2Br)C(C(=O)N(CC=C)CCCC)N([C@@H](CO)C(C)C)C(=O)[C@H]13. The first-order valence-electron chi connectivity index (χ1n) is 12.6. The van der Waals surface area contributed by atoms with Crippen LogP contribution < -0.4 is 0 Å². The number of ether oxygens (including phenoxy) is 1. The van der Waals surface area contributed by atoms with E-state index in [1.807, 2.05) is 13.8 Å². The van der Waals surface area contributed by atoms with Crippen molar-refractivity contribution in [3.05, 3.63) is 25.3 Å². The predicted octanol–water partition coefficient (Wildman–Crippen LogP) is 3.40. The van der Waals surface area contributed by atoms with E-state index in [9.17, 15) is 19.5 Å². The number of carbonyl (C=O) groups excluding carboxylic acids is 3. The number of thioether (sulfide) groups is 1.